The minimum absolute atomic E-state index is 0.114. The van der Waals surface area contributed by atoms with Crippen molar-refractivity contribution in [3.63, 3.8) is 0 Å². The number of nitrogens with zero attached hydrogens (tertiary/aromatic N) is 2. The predicted octanol–water partition coefficient (Wildman–Crippen LogP) is 3.06. The zero-order valence-corrected chi connectivity index (χ0v) is 10.3. The fourth-order valence-electron chi connectivity index (χ4n) is 1.63. The number of aliphatic imine (C=N–C) groups is 1. The van der Waals surface area contributed by atoms with Crippen molar-refractivity contribution < 1.29 is 0 Å². The molecule has 14 heavy (non-hydrogen) atoms. The van der Waals surface area contributed by atoms with E-state index in [1.165, 1.54) is 5.70 Å². The molecule has 0 spiro atoms. The molecule has 0 saturated heterocycles. The Morgan fingerprint density at radius 1 is 1.14 bits per heavy atom. The van der Waals surface area contributed by atoms with Crippen LogP contribution >= 0.6 is 0 Å². The van der Waals surface area contributed by atoms with Crippen LogP contribution in [0, 0.1) is 5.41 Å². The molecule has 1 heterocycles. The van der Waals surface area contributed by atoms with E-state index in [2.05, 4.69) is 57.5 Å². The second kappa shape index (κ2) is 3.41. The van der Waals surface area contributed by atoms with E-state index in [0.717, 1.165) is 6.54 Å². The molecule has 0 aromatic heterocycles. The summed E-state index contributed by atoms with van der Waals surface area (Å²) in [6.45, 7) is 14.2. The Labute approximate surface area is 87.7 Å². The fraction of sp³-hybridized carbons (Fsp3) is 0.750. The molecule has 0 N–H and O–H groups in total. The largest absolute Gasteiger partial charge is 0.331 e. The van der Waals surface area contributed by atoms with Crippen molar-refractivity contribution >= 4 is 6.34 Å². The van der Waals surface area contributed by atoms with Gasteiger partial charge in [-0.2, -0.15) is 0 Å². The van der Waals surface area contributed by atoms with Crippen molar-refractivity contribution in [3.8, 4) is 0 Å². The summed E-state index contributed by atoms with van der Waals surface area (Å²) in [5.41, 5.74) is 1.68. The lowest BCUT2D eigenvalue weighted by atomic mass is 9.88. The molecule has 0 bridgehead atoms. The fourth-order valence-corrected chi connectivity index (χ4v) is 1.63. The van der Waals surface area contributed by atoms with Crippen LogP contribution in [-0.2, 0) is 0 Å². The summed E-state index contributed by atoms with van der Waals surface area (Å²) in [5, 5.41) is 0. The number of hydrogen-bond donors (Lipinski definition) is 0. The average Bonchev–Trinajstić information content (AvgIpc) is 2.01. The van der Waals surface area contributed by atoms with Gasteiger partial charge >= 0.3 is 0 Å². The van der Waals surface area contributed by atoms with Gasteiger partial charge in [-0.25, -0.2) is 0 Å². The van der Waals surface area contributed by atoms with Gasteiger partial charge in [0.1, 0.15) is 0 Å². The van der Waals surface area contributed by atoms with Crippen LogP contribution in [0.5, 0.6) is 0 Å². The van der Waals surface area contributed by atoms with E-state index in [4.69, 9.17) is 0 Å². The summed E-state index contributed by atoms with van der Waals surface area (Å²) in [6, 6.07) is 0. The number of rotatable bonds is 0. The van der Waals surface area contributed by atoms with E-state index in [9.17, 15) is 0 Å². The molecule has 0 aromatic carbocycles. The summed E-state index contributed by atoms with van der Waals surface area (Å²) in [6.07, 6.45) is 4.20. The Bertz CT molecular complexity index is 261. The molecule has 0 radical (unpaired) electrons. The Hall–Kier alpha value is -0.790. The monoisotopic (exact) mass is 194 g/mol. The first-order chi connectivity index (χ1) is 6.23. The van der Waals surface area contributed by atoms with Crippen molar-refractivity contribution in [1.29, 1.82) is 0 Å². The zero-order chi connectivity index (χ0) is 11.0. The van der Waals surface area contributed by atoms with E-state index in [1.807, 2.05) is 6.34 Å². The highest BCUT2D eigenvalue weighted by Crippen LogP contribution is 2.33. The van der Waals surface area contributed by atoms with Crippen LogP contribution in [0.15, 0.2) is 16.8 Å². The molecule has 1 aliphatic rings. The Morgan fingerprint density at radius 2 is 1.71 bits per heavy atom. The van der Waals surface area contributed by atoms with Crippen molar-refractivity contribution in [1.82, 2.24) is 4.90 Å². The first-order valence-electron chi connectivity index (χ1n) is 5.23. The highest BCUT2D eigenvalue weighted by Gasteiger charge is 2.30. The highest BCUT2D eigenvalue weighted by molar-refractivity contribution is 5.61. The summed E-state index contributed by atoms with van der Waals surface area (Å²) in [5.74, 6) is 0. The van der Waals surface area contributed by atoms with Gasteiger partial charge in [0, 0.05) is 16.7 Å². The lowest BCUT2D eigenvalue weighted by Crippen LogP contribution is -2.44. The van der Waals surface area contributed by atoms with Crippen LogP contribution in [0.4, 0.5) is 0 Å². The van der Waals surface area contributed by atoms with Crippen LogP contribution in [0.25, 0.3) is 0 Å². The van der Waals surface area contributed by atoms with Crippen molar-refractivity contribution in [2.24, 2.45) is 10.4 Å². The highest BCUT2D eigenvalue weighted by atomic mass is 15.2. The molecule has 0 unspecified atom stereocenters. The van der Waals surface area contributed by atoms with E-state index >= 15 is 0 Å². The molecule has 0 fully saturated rings. The van der Waals surface area contributed by atoms with Crippen LogP contribution < -0.4 is 0 Å². The second-order valence-electron chi connectivity index (χ2n) is 5.86. The third kappa shape index (κ3) is 2.37. The molecule has 1 rings (SSSR count). The standard InChI is InChI=1S/C12H22N2/c1-11(2,3)10-7-8-13-9-14(10)12(4,5)6/h7,9H,8H2,1-6H3. The van der Waals surface area contributed by atoms with Gasteiger partial charge in [0.2, 0.25) is 0 Å². The van der Waals surface area contributed by atoms with Crippen LogP contribution in [0.2, 0.25) is 0 Å². The predicted molar refractivity (Wildman–Crippen MR) is 62.5 cm³/mol. The molecule has 0 saturated carbocycles. The molecular weight excluding hydrogens is 172 g/mol. The second-order valence-corrected chi connectivity index (χ2v) is 5.86. The van der Waals surface area contributed by atoms with Crippen LogP contribution in [0.1, 0.15) is 41.5 Å². The SMILES string of the molecule is CC(C)(C)C1=CCN=CN1C(C)(C)C. The molecular formula is C12H22N2. The molecule has 0 aliphatic carbocycles. The lowest BCUT2D eigenvalue weighted by Gasteiger charge is -2.42. The van der Waals surface area contributed by atoms with E-state index in [0.29, 0.717) is 0 Å². The molecule has 80 valence electrons. The zero-order valence-electron chi connectivity index (χ0n) is 10.3. The van der Waals surface area contributed by atoms with E-state index in [-0.39, 0.29) is 11.0 Å². The van der Waals surface area contributed by atoms with Crippen molar-refractivity contribution in [2.45, 2.75) is 47.1 Å². The van der Waals surface area contributed by atoms with E-state index in [1.54, 1.807) is 0 Å². The molecule has 0 amide bonds. The van der Waals surface area contributed by atoms with Gasteiger partial charge in [-0.15, -0.1) is 0 Å². The molecule has 0 atom stereocenters. The van der Waals surface area contributed by atoms with Crippen molar-refractivity contribution in [2.75, 3.05) is 6.54 Å². The summed E-state index contributed by atoms with van der Waals surface area (Å²) in [4.78, 5) is 6.59. The van der Waals surface area contributed by atoms with Gasteiger partial charge in [0.25, 0.3) is 0 Å². The third-order valence-corrected chi connectivity index (χ3v) is 2.34. The maximum Gasteiger partial charge on any atom is 0.0900 e. The van der Waals surface area contributed by atoms with Gasteiger partial charge < -0.3 is 4.90 Å². The molecule has 2 heteroatoms. The number of allylic oxidation sites excluding steroid dienone is 1. The first-order valence-corrected chi connectivity index (χ1v) is 5.23. The Morgan fingerprint density at radius 3 is 2.07 bits per heavy atom. The van der Waals surface area contributed by atoms with Gasteiger partial charge in [0.05, 0.1) is 12.9 Å². The Kier molecular flexibility index (Phi) is 2.75. The lowest BCUT2D eigenvalue weighted by molar-refractivity contribution is 0.239. The minimum atomic E-state index is 0.114. The van der Waals surface area contributed by atoms with Gasteiger partial charge in [-0.3, -0.25) is 4.99 Å². The minimum Gasteiger partial charge on any atom is -0.331 e. The van der Waals surface area contributed by atoms with Crippen LogP contribution in [-0.4, -0.2) is 23.3 Å². The summed E-state index contributed by atoms with van der Waals surface area (Å²) < 4.78 is 0. The Balaban J connectivity index is 2.99. The third-order valence-electron chi connectivity index (χ3n) is 2.34. The quantitative estimate of drug-likeness (QED) is 0.578. The van der Waals surface area contributed by atoms with Gasteiger partial charge in [-0.05, 0) is 26.8 Å². The maximum atomic E-state index is 4.31. The van der Waals surface area contributed by atoms with E-state index < -0.39 is 0 Å². The number of hydrogen-bond acceptors (Lipinski definition) is 2. The molecule has 2 nitrogen and oxygen atoms in total. The molecule has 0 aromatic rings. The van der Waals surface area contributed by atoms with Crippen molar-refractivity contribution in [3.05, 3.63) is 11.8 Å². The molecule has 1 aliphatic heterocycles. The van der Waals surface area contributed by atoms with Gasteiger partial charge in [0.15, 0.2) is 0 Å². The smallest absolute Gasteiger partial charge is 0.0900 e. The average molecular weight is 194 g/mol. The topological polar surface area (TPSA) is 15.6 Å². The first kappa shape index (κ1) is 11.3. The maximum absolute atomic E-state index is 4.31. The van der Waals surface area contributed by atoms with Crippen LogP contribution in [0.3, 0.4) is 0 Å². The normalized spacial score (nSPS) is 18.4. The summed E-state index contributed by atoms with van der Waals surface area (Å²) in [7, 11) is 0. The van der Waals surface area contributed by atoms with Gasteiger partial charge in [-0.1, -0.05) is 20.8 Å². The summed E-state index contributed by atoms with van der Waals surface area (Å²) >= 11 is 0.